The van der Waals surface area contributed by atoms with Gasteiger partial charge in [-0.25, -0.2) is 9.78 Å². The van der Waals surface area contributed by atoms with Crippen LogP contribution in [0.15, 0.2) is 79.0 Å². The lowest BCUT2D eigenvalue weighted by Gasteiger charge is -2.10. The number of rotatable bonds is 14. The molecule has 4 aromatic rings. The smallest absolute Gasteiger partial charge is 0.332 e. The van der Waals surface area contributed by atoms with Gasteiger partial charge in [0.25, 0.3) is 0 Å². The molecule has 0 spiro atoms. The summed E-state index contributed by atoms with van der Waals surface area (Å²) in [6, 6.07) is 22.7. The number of nitrogens with zero attached hydrogens (tertiary/aromatic N) is 2. The van der Waals surface area contributed by atoms with E-state index in [1.165, 1.54) is 12.5 Å². The van der Waals surface area contributed by atoms with Crippen molar-refractivity contribution in [3.63, 3.8) is 0 Å². The summed E-state index contributed by atoms with van der Waals surface area (Å²) in [7, 11) is 3.19. The van der Waals surface area contributed by atoms with Gasteiger partial charge in [-0.3, -0.25) is 4.79 Å². The number of benzene rings is 3. The number of carbonyl (C=O) groups is 2. The Bertz CT molecular complexity index is 1440. The van der Waals surface area contributed by atoms with Crippen LogP contribution in [0.2, 0.25) is 0 Å². The summed E-state index contributed by atoms with van der Waals surface area (Å²) in [5.41, 5.74) is 4.13. The lowest BCUT2D eigenvalue weighted by atomic mass is 10.1. The number of para-hydroxylation sites is 1. The van der Waals surface area contributed by atoms with Crippen LogP contribution in [0.4, 0.5) is 0 Å². The summed E-state index contributed by atoms with van der Waals surface area (Å²) in [4.78, 5) is 29.2. The number of unbranched alkanes of at least 4 members (excludes halogenated alkanes) is 1. The molecule has 0 saturated heterocycles. The highest BCUT2D eigenvalue weighted by molar-refractivity contribution is 6.07. The zero-order valence-corrected chi connectivity index (χ0v) is 23.0. The fraction of sp³-hybridized carbons (Fsp3) is 0.281. The summed E-state index contributed by atoms with van der Waals surface area (Å²) in [5, 5.41) is 8.96. The molecule has 3 aromatic carbocycles. The summed E-state index contributed by atoms with van der Waals surface area (Å²) in [5.74, 6) is 0.531. The number of carboxylic acid groups (broad SMARTS) is 1. The van der Waals surface area contributed by atoms with Crippen molar-refractivity contribution in [1.82, 2.24) is 9.55 Å². The second kappa shape index (κ2) is 13.6. The molecule has 1 N–H and O–H groups in total. The van der Waals surface area contributed by atoms with Gasteiger partial charge >= 0.3 is 5.97 Å². The minimum Gasteiger partial charge on any atom is -0.497 e. The summed E-state index contributed by atoms with van der Waals surface area (Å²) < 4.78 is 18.1. The summed E-state index contributed by atoms with van der Waals surface area (Å²) in [6.07, 6.45) is 3.71. The third-order valence-corrected chi connectivity index (χ3v) is 6.68. The van der Waals surface area contributed by atoms with E-state index in [1.54, 1.807) is 38.5 Å². The maximum Gasteiger partial charge on any atom is 0.332 e. The van der Waals surface area contributed by atoms with Crippen LogP contribution in [-0.2, 0) is 29.1 Å². The Labute approximate surface area is 234 Å². The van der Waals surface area contributed by atoms with Crippen LogP contribution in [0.1, 0.15) is 47.1 Å². The molecule has 0 amide bonds. The van der Waals surface area contributed by atoms with Crippen molar-refractivity contribution < 1.29 is 28.9 Å². The van der Waals surface area contributed by atoms with E-state index in [9.17, 15) is 9.59 Å². The largest absolute Gasteiger partial charge is 0.497 e. The Balaban J connectivity index is 1.46. The maximum absolute atomic E-state index is 13.5. The van der Waals surface area contributed by atoms with Gasteiger partial charge in [-0.15, -0.1) is 0 Å². The Morgan fingerprint density at radius 3 is 2.40 bits per heavy atom. The fourth-order valence-electron chi connectivity index (χ4n) is 4.35. The average Bonchev–Trinajstić information content (AvgIpc) is 3.42. The molecule has 1 heterocycles. The molecule has 0 unspecified atom stereocenters. The highest BCUT2D eigenvalue weighted by Crippen LogP contribution is 2.30. The minimum absolute atomic E-state index is 0.171. The average molecular weight is 543 g/mol. The number of imidazole rings is 1. The molecule has 40 heavy (non-hydrogen) atoms. The number of aryl methyl sites for hydroxylation is 2. The zero-order valence-electron chi connectivity index (χ0n) is 23.0. The van der Waals surface area contributed by atoms with Gasteiger partial charge in [0.05, 0.1) is 26.5 Å². The number of carbonyl (C=O) groups excluding carboxylic acids is 1. The van der Waals surface area contributed by atoms with Gasteiger partial charge in [-0.1, -0.05) is 48.5 Å². The predicted molar refractivity (Wildman–Crippen MR) is 152 cm³/mol. The molecule has 0 fully saturated rings. The molecule has 8 nitrogen and oxygen atoms in total. The molecule has 8 heteroatoms. The topological polar surface area (TPSA) is 99.9 Å². The summed E-state index contributed by atoms with van der Waals surface area (Å²) >= 11 is 0. The normalized spacial score (nSPS) is 11.7. The Kier molecular flexibility index (Phi) is 9.70. The van der Waals surface area contributed by atoms with Crippen LogP contribution in [0.5, 0.6) is 11.5 Å². The first-order valence-electron chi connectivity index (χ1n) is 13.2. The molecule has 4 rings (SSSR count). The van der Waals surface area contributed by atoms with Crippen LogP contribution in [0.25, 0.3) is 11.3 Å². The first-order valence-corrected chi connectivity index (χ1v) is 13.2. The van der Waals surface area contributed by atoms with Crippen molar-refractivity contribution in [2.24, 2.45) is 0 Å². The van der Waals surface area contributed by atoms with Gasteiger partial charge in [-0.05, 0) is 61.6 Å². The van der Waals surface area contributed by atoms with Crippen LogP contribution >= 0.6 is 0 Å². The maximum atomic E-state index is 13.5. The van der Waals surface area contributed by atoms with Crippen molar-refractivity contribution in [1.29, 1.82) is 0 Å². The summed E-state index contributed by atoms with van der Waals surface area (Å²) in [6.45, 7) is 2.41. The molecule has 0 aliphatic heterocycles. The highest BCUT2D eigenvalue weighted by atomic mass is 16.5. The van der Waals surface area contributed by atoms with E-state index in [2.05, 4.69) is 0 Å². The third kappa shape index (κ3) is 7.15. The van der Waals surface area contributed by atoms with E-state index in [0.29, 0.717) is 35.1 Å². The quantitative estimate of drug-likeness (QED) is 0.159. The molecule has 0 bridgehead atoms. The van der Waals surface area contributed by atoms with E-state index in [4.69, 9.17) is 24.3 Å². The van der Waals surface area contributed by atoms with Gasteiger partial charge in [0.15, 0.2) is 11.9 Å². The Hall–Kier alpha value is -4.43. The molecule has 1 atom stereocenters. The standard InChI is InChI=1S/C32H34N2O6/c1-22(32(36)37)40-21-24-16-14-23(15-17-24)9-6-7-18-34-20-28(27-12-4-5-13-29(27)39-3)33-31(34)30(35)25-10-8-11-26(19-25)38-2/h4-5,8,10-17,19-20,22H,6-7,9,18,21H2,1-3H3,(H,36,37)/t22-/m0/s1. The monoisotopic (exact) mass is 542 g/mol. The number of carboxylic acids is 1. The van der Waals surface area contributed by atoms with Crippen LogP contribution < -0.4 is 9.47 Å². The highest BCUT2D eigenvalue weighted by Gasteiger charge is 2.20. The Morgan fingerprint density at radius 1 is 0.925 bits per heavy atom. The van der Waals surface area contributed by atoms with Gasteiger partial charge in [0.1, 0.15) is 11.5 Å². The molecule has 0 radical (unpaired) electrons. The van der Waals surface area contributed by atoms with E-state index in [1.807, 2.05) is 59.3 Å². The van der Waals surface area contributed by atoms with Crippen molar-refractivity contribution in [2.45, 2.75) is 45.4 Å². The van der Waals surface area contributed by atoms with Gasteiger partial charge in [0, 0.05) is 23.9 Å². The van der Waals surface area contributed by atoms with Gasteiger partial charge < -0.3 is 23.9 Å². The van der Waals surface area contributed by atoms with Gasteiger partial charge in [-0.2, -0.15) is 0 Å². The van der Waals surface area contributed by atoms with Crippen molar-refractivity contribution in [3.05, 3.63) is 102 Å². The van der Waals surface area contributed by atoms with Crippen molar-refractivity contribution in [2.75, 3.05) is 14.2 Å². The number of ketones is 1. The second-order valence-corrected chi connectivity index (χ2v) is 9.47. The molecular weight excluding hydrogens is 508 g/mol. The van der Waals surface area contributed by atoms with E-state index in [0.717, 1.165) is 30.4 Å². The third-order valence-electron chi connectivity index (χ3n) is 6.68. The number of ether oxygens (including phenoxy) is 3. The zero-order chi connectivity index (χ0) is 28.5. The second-order valence-electron chi connectivity index (χ2n) is 9.47. The molecule has 0 saturated carbocycles. The number of hydrogen-bond donors (Lipinski definition) is 1. The van der Waals surface area contributed by atoms with E-state index >= 15 is 0 Å². The van der Waals surface area contributed by atoms with Crippen molar-refractivity contribution in [3.8, 4) is 22.8 Å². The van der Waals surface area contributed by atoms with E-state index in [-0.39, 0.29) is 12.4 Å². The first kappa shape index (κ1) is 28.6. The minimum atomic E-state index is -0.974. The lowest BCUT2D eigenvalue weighted by molar-refractivity contribution is -0.149. The first-order chi connectivity index (χ1) is 19.4. The molecule has 208 valence electrons. The molecule has 0 aliphatic carbocycles. The predicted octanol–water partition coefficient (Wildman–Crippen LogP) is 5.81. The van der Waals surface area contributed by atoms with Gasteiger partial charge in [0.2, 0.25) is 5.78 Å². The molecule has 1 aromatic heterocycles. The number of aliphatic carboxylic acids is 1. The lowest BCUT2D eigenvalue weighted by Crippen LogP contribution is -2.19. The number of hydrogen-bond acceptors (Lipinski definition) is 6. The van der Waals surface area contributed by atoms with Crippen LogP contribution in [-0.4, -0.2) is 46.7 Å². The number of aromatic nitrogens is 2. The molecule has 0 aliphatic rings. The van der Waals surface area contributed by atoms with Crippen LogP contribution in [0.3, 0.4) is 0 Å². The SMILES string of the molecule is COc1cccc(C(=O)c2nc(-c3ccccc3OC)cn2CCCCc2ccc(CO[C@@H](C)C(=O)O)cc2)c1. The fourth-order valence-corrected chi connectivity index (χ4v) is 4.35. The Morgan fingerprint density at radius 2 is 1.68 bits per heavy atom. The van der Waals surface area contributed by atoms with E-state index < -0.39 is 12.1 Å². The van der Waals surface area contributed by atoms with Crippen molar-refractivity contribution >= 4 is 11.8 Å². The number of methoxy groups -OCH3 is 2. The van der Waals surface area contributed by atoms with Crippen LogP contribution in [0, 0.1) is 0 Å². The molecular formula is C32H34N2O6.